The number of rotatable bonds is 7. The molecule has 2 heteroatoms. The molecule has 0 aromatic heterocycles. The molecule has 0 radical (unpaired) electrons. The summed E-state index contributed by atoms with van der Waals surface area (Å²) in [6.07, 6.45) is 6.76. The van der Waals surface area contributed by atoms with Crippen molar-refractivity contribution in [3.8, 4) is 5.75 Å². The van der Waals surface area contributed by atoms with Crippen LogP contribution in [0.15, 0.2) is 24.3 Å². The van der Waals surface area contributed by atoms with Crippen molar-refractivity contribution in [3.63, 3.8) is 0 Å². The molecule has 1 aromatic rings. The Balaban J connectivity index is 1.90. The second kappa shape index (κ2) is 6.95. The number of hydrogen-bond donors (Lipinski definition) is 1. The Hall–Kier alpha value is -1.02. The first-order valence-electron chi connectivity index (χ1n) is 7.63. The molecule has 1 aliphatic carbocycles. The SMILES string of the molecule is CCC(NC(C)CC1CCC1)c1ccc(OC)cc1. The topological polar surface area (TPSA) is 21.3 Å². The van der Waals surface area contributed by atoms with Crippen molar-refractivity contribution < 1.29 is 4.74 Å². The van der Waals surface area contributed by atoms with E-state index in [1.54, 1.807) is 7.11 Å². The van der Waals surface area contributed by atoms with Gasteiger partial charge in [-0.05, 0) is 43.4 Å². The highest BCUT2D eigenvalue weighted by Gasteiger charge is 2.21. The van der Waals surface area contributed by atoms with Crippen LogP contribution in [0.1, 0.15) is 57.6 Å². The average Bonchev–Trinajstić information content (AvgIpc) is 2.40. The maximum absolute atomic E-state index is 5.22. The van der Waals surface area contributed by atoms with Gasteiger partial charge in [-0.25, -0.2) is 0 Å². The largest absolute Gasteiger partial charge is 0.497 e. The second-order valence-electron chi connectivity index (χ2n) is 5.83. The highest BCUT2D eigenvalue weighted by Crippen LogP contribution is 2.31. The predicted octanol–water partition coefficient (Wildman–Crippen LogP) is 4.31. The molecule has 2 rings (SSSR count). The third-order valence-corrected chi connectivity index (χ3v) is 4.32. The van der Waals surface area contributed by atoms with Gasteiger partial charge in [-0.1, -0.05) is 38.3 Å². The zero-order chi connectivity index (χ0) is 13.7. The molecule has 1 N–H and O–H groups in total. The number of nitrogens with one attached hydrogen (secondary N) is 1. The van der Waals surface area contributed by atoms with Crippen molar-refractivity contribution >= 4 is 0 Å². The van der Waals surface area contributed by atoms with Gasteiger partial charge in [0.15, 0.2) is 0 Å². The summed E-state index contributed by atoms with van der Waals surface area (Å²) in [5.41, 5.74) is 1.36. The Morgan fingerprint density at radius 2 is 1.95 bits per heavy atom. The molecule has 1 aromatic carbocycles. The van der Waals surface area contributed by atoms with Gasteiger partial charge >= 0.3 is 0 Å². The summed E-state index contributed by atoms with van der Waals surface area (Å²) in [5, 5.41) is 3.78. The fourth-order valence-corrected chi connectivity index (χ4v) is 2.93. The molecule has 19 heavy (non-hydrogen) atoms. The Labute approximate surface area is 117 Å². The predicted molar refractivity (Wildman–Crippen MR) is 80.6 cm³/mol. The number of methoxy groups -OCH3 is 1. The standard InChI is InChI=1S/C17H27NO/c1-4-17(15-8-10-16(19-3)11-9-15)18-13(2)12-14-6-5-7-14/h8-11,13-14,17-18H,4-7,12H2,1-3H3. The summed E-state index contributed by atoms with van der Waals surface area (Å²) in [7, 11) is 1.71. The fourth-order valence-electron chi connectivity index (χ4n) is 2.93. The lowest BCUT2D eigenvalue weighted by Crippen LogP contribution is -2.33. The van der Waals surface area contributed by atoms with E-state index in [4.69, 9.17) is 4.74 Å². The highest BCUT2D eigenvalue weighted by atomic mass is 16.5. The van der Waals surface area contributed by atoms with Gasteiger partial charge in [-0.2, -0.15) is 0 Å². The average molecular weight is 261 g/mol. The van der Waals surface area contributed by atoms with Gasteiger partial charge in [0.1, 0.15) is 5.75 Å². The van der Waals surface area contributed by atoms with Gasteiger partial charge in [0.2, 0.25) is 0 Å². The maximum atomic E-state index is 5.22. The minimum atomic E-state index is 0.459. The quantitative estimate of drug-likeness (QED) is 0.789. The van der Waals surface area contributed by atoms with Crippen LogP contribution in [0.4, 0.5) is 0 Å². The molecule has 2 unspecified atom stereocenters. The van der Waals surface area contributed by atoms with Crippen LogP contribution in [0.3, 0.4) is 0 Å². The summed E-state index contributed by atoms with van der Waals surface area (Å²) in [5.74, 6) is 1.90. The van der Waals surface area contributed by atoms with Crippen molar-refractivity contribution in [1.82, 2.24) is 5.32 Å². The molecule has 0 heterocycles. The molecule has 2 atom stereocenters. The molecule has 0 spiro atoms. The lowest BCUT2D eigenvalue weighted by molar-refractivity contribution is 0.256. The third-order valence-electron chi connectivity index (χ3n) is 4.32. The molecule has 1 fully saturated rings. The number of ether oxygens (including phenoxy) is 1. The smallest absolute Gasteiger partial charge is 0.118 e. The minimum absolute atomic E-state index is 0.459. The molecular weight excluding hydrogens is 234 g/mol. The summed E-state index contributed by atoms with van der Waals surface area (Å²) in [6.45, 7) is 4.57. The molecule has 1 aliphatic rings. The zero-order valence-corrected chi connectivity index (χ0v) is 12.5. The van der Waals surface area contributed by atoms with E-state index in [9.17, 15) is 0 Å². The van der Waals surface area contributed by atoms with Crippen molar-refractivity contribution in [2.75, 3.05) is 7.11 Å². The molecule has 106 valence electrons. The van der Waals surface area contributed by atoms with Crippen LogP contribution < -0.4 is 10.1 Å². The number of benzene rings is 1. The van der Waals surface area contributed by atoms with E-state index >= 15 is 0 Å². The van der Waals surface area contributed by atoms with E-state index in [1.807, 2.05) is 0 Å². The van der Waals surface area contributed by atoms with Crippen LogP contribution in [0, 0.1) is 5.92 Å². The van der Waals surface area contributed by atoms with Gasteiger partial charge in [0.25, 0.3) is 0 Å². The van der Waals surface area contributed by atoms with Crippen LogP contribution in [0.25, 0.3) is 0 Å². The summed E-state index contributed by atoms with van der Waals surface area (Å²) >= 11 is 0. The normalized spacial score (nSPS) is 18.7. The van der Waals surface area contributed by atoms with Gasteiger partial charge in [-0.15, -0.1) is 0 Å². The monoisotopic (exact) mass is 261 g/mol. The highest BCUT2D eigenvalue weighted by molar-refractivity contribution is 5.29. The van der Waals surface area contributed by atoms with Crippen LogP contribution in [-0.2, 0) is 0 Å². The Kier molecular flexibility index (Phi) is 5.26. The van der Waals surface area contributed by atoms with E-state index in [1.165, 1.54) is 31.2 Å². The van der Waals surface area contributed by atoms with Gasteiger partial charge in [0.05, 0.1) is 7.11 Å². The van der Waals surface area contributed by atoms with Gasteiger partial charge in [-0.3, -0.25) is 0 Å². The van der Waals surface area contributed by atoms with E-state index in [2.05, 4.69) is 43.4 Å². The number of hydrogen-bond acceptors (Lipinski definition) is 2. The molecular formula is C17H27NO. The van der Waals surface area contributed by atoms with E-state index in [0.29, 0.717) is 12.1 Å². The van der Waals surface area contributed by atoms with Crippen molar-refractivity contribution in [1.29, 1.82) is 0 Å². The summed E-state index contributed by atoms with van der Waals surface area (Å²) < 4.78 is 5.22. The molecule has 0 bridgehead atoms. The lowest BCUT2D eigenvalue weighted by atomic mass is 9.81. The third kappa shape index (κ3) is 3.97. The van der Waals surface area contributed by atoms with E-state index in [-0.39, 0.29) is 0 Å². The first-order valence-corrected chi connectivity index (χ1v) is 7.63. The second-order valence-corrected chi connectivity index (χ2v) is 5.83. The molecule has 1 saturated carbocycles. The fraction of sp³-hybridized carbons (Fsp3) is 0.647. The van der Waals surface area contributed by atoms with Gasteiger partial charge in [0, 0.05) is 12.1 Å². The maximum Gasteiger partial charge on any atom is 0.118 e. The van der Waals surface area contributed by atoms with Crippen LogP contribution >= 0.6 is 0 Å². The Morgan fingerprint density at radius 3 is 2.42 bits per heavy atom. The zero-order valence-electron chi connectivity index (χ0n) is 12.5. The molecule has 0 saturated heterocycles. The van der Waals surface area contributed by atoms with Crippen molar-refractivity contribution in [3.05, 3.63) is 29.8 Å². The Bertz CT molecular complexity index is 369. The van der Waals surface area contributed by atoms with E-state index in [0.717, 1.165) is 18.1 Å². The van der Waals surface area contributed by atoms with Crippen molar-refractivity contribution in [2.45, 2.75) is 58.0 Å². The molecule has 0 aliphatic heterocycles. The first-order chi connectivity index (χ1) is 9.22. The van der Waals surface area contributed by atoms with Crippen molar-refractivity contribution in [2.24, 2.45) is 5.92 Å². The Morgan fingerprint density at radius 1 is 1.26 bits per heavy atom. The van der Waals surface area contributed by atoms with E-state index < -0.39 is 0 Å². The van der Waals surface area contributed by atoms with Crippen LogP contribution in [0.2, 0.25) is 0 Å². The molecule has 2 nitrogen and oxygen atoms in total. The van der Waals surface area contributed by atoms with Crippen LogP contribution in [0.5, 0.6) is 5.75 Å². The molecule has 0 amide bonds. The minimum Gasteiger partial charge on any atom is -0.497 e. The van der Waals surface area contributed by atoms with Crippen LogP contribution in [-0.4, -0.2) is 13.2 Å². The first kappa shape index (κ1) is 14.4. The summed E-state index contributed by atoms with van der Waals surface area (Å²) in [4.78, 5) is 0. The summed E-state index contributed by atoms with van der Waals surface area (Å²) in [6, 6.07) is 9.52. The van der Waals surface area contributed by atoms with Gasteiger partial charge < -0.3 is 10.1 Å². The lowest BCUT2D eigenvalue weighted by Gasteiger charge is -2.30.